The Bertz CT molecular complexity index is 111. The maximum Gasteiger partial charge on any atom is 3.00 e. The summed E-state index contributed by atoms with van der Waals surface area (Å²) in [5.74, 6) is 0. The van der Waals surface area contributed by atoms with Crippen LogP contribution in [-0.4, -0.2) is 18.2 Å². The third-order valence-corrected chi connectivity index (χ3v) is 0. The molecule has 0 fully saturated rings. The van der Waals surface area contributed by atoms with Crippen molar-refractivity contribution >= 4 is 18.2 Å². The summed E-state index contributed by atoms with van der Waals surface area (Å²) in [6.07, 6.45) is 1.50. The fraction of sp³-hybridized carbons (Fsp3) is 0. The summed E-state index contributed by atoms with van der Waals surface area (Å²) in [5.41, 5.74) is 0. The average molecular weight is 323 g/mol. The van der Waals surface area contributed by atoms with Crippen LogP contribution in [0, 0.1) is 0 Å². The predicted octanol–water partition coefficient (Wildman–Crippen LogP) is -0.328. The molecular weight excluding hydrogens is 323 g/mol. The van der Waals surface area contributed by atoms with E-state index in [-0.39, 0.29) is 22.4 Å². The molecule has 56 valence electrons. The molecule has 0 atom stereocenters. The standard InChI is InChI=1S/3CNO.Au/c3*2-1-3;/q3*-1;+3. The summed E-state index contributed by atoms with van der Waals surface area (Å²) >= 11 is 0. The third-order valence-electron chi connectivity index (χ3n) is 0. The molecule has 6 nitrogen and oxygen atoms in total. The van der Waals surface area contributed by atoms with Crippen LogP contribution < -0.4 is 0 Å². The van der Waals surface area contributed by atoms with E-state index in [1.807, 2.05) is 0 Å². The molecule has 0 heterocycles. The average Bonchev–Trinajstić information content (AvgIpc) is 1.70. The fourth-order valence-corrected chi connectivity index (χ4v) is 0. The monoisotopic (exact) mass is 323 g/mol. The van der Waals surface area contributed by atoms with Gasteiger partial charge < -0.3 is 16.2 Å². The van der Waals surface area contributed by atoms with E-state index in [0.29, 0.717) is 18.2 Å². The molecule has 0 N–H and O–H groups in total. The maximum atomic E-state index is 8.24. The molecule has 0 aromatic heterocycles. The van der Waals surface area contributed by atoms with E-state index in [1.165, 1.54) is 0 Å². The first-order valence-corrected chi connectivity index (χ1v) is 1.28. The molecule has 0 saturated heterocycles. The predicted molar refractivity (Wildman–Crippen MR) is 27.2 cm³/mol. The molecule has 0 aliphatic heterocycles. The van der Waals surface area contributed by atoms with Crippen LogP contribution in [0.2, 0.25) is 0 Å². The van der Waals surface area contributed by atoms with Crippen molar-refractivity contribution in [2.75, 3.05) is 0 Å². The van der Waals surface area contributed by atoms with Crippen molar-refractivity contribution in [2.24, 2.45) is 0 Å². The molecule has 0 aromatic carbocycles. The first-order chi connectivity index (χ1) is 4.24. The Kier molecular flexibility index (Phi) is 244. The molecular formula is C3AuN3O3. The Hall–Kier alpha value is -1.12. The molecule has 0 bridgehead atoms. The van der Waals surface area contributed by atoms with Gasteiger partial charge in [-0.05, 0) is 18.2 Å². The van der Waals surface area contributed by atoms with Gasteiger partial charge in [-0.15, -0.1) is 0 Å². The van der Waals surface area contributed by atoms with Crippen LogP contribution in [0.25, 0.3) is 16.2 Å². The first kappa shape index (κ1) is 23.2. The van der Waals surface area contributed by atoms with Gasteiger partial charge in [-0.25, -0.2) is 0 Å². The van der Waals surface area contributed by atoms with Crippen molar-refractivity contribution in [1.29, 1.82) is 0 Å². The summed E-state index contributed by atoms with van der Waals surface area (Å²) in [6.45, 7) is 0. The minimum absolute atomic E-state index is 0. The summed E-state index contributed by atoms with van der Waals surface area (Å²) in [6, 6.07) is 0. The van der Waals surface area contributed by atoms with Crippen LogP contribution in [0.5, 0.6) is 0 Å². The molecule has 0 aromatic rings. The van der Waals surface area contributed by atoms with E-state index in [4.69, 9.17) is 30.6 Å². The molecule has 0 amide bonds. The Labute approximate surface area is 71.7 Å². The van der Waals surface area contributed by atoms with E-state index in [2.05, 4.69) is 0 Å². The maximum absolute atomic E-state index is 8.24. The van der Waals surface area contributed by atoms with Crippen molar-refractivity contribution in [3.05, 3.63) is 16.2 Å². The zero-order valence-electron chi connectivity index (χ0n) is 4.37. The van der Waals surface area contributed by atoms with Crippen molar-refractivity contribution in [1.82, 2.24) is 0 Å². The van der Waals surface area contributed by atoms with Crippen LogP contribution in [0.1, 0.15) is 0 Å². The van der Waals surface area contributed by atoms with E-state index in [9.17, 15) is 0 Å². The van der Waals surface area contributed by atoms with Gasteiger partial charge in [-0.3, -0.25) is 14.4 Å². The number of rotatable bonds is 0. The number of isocyanates is 3. The van der Waals surface area contributed by atoms with Crippen LogP contribution in [-0.2, 0) is 36.8 Å². The summed E-state index contributed by atoms with van der Waals surface area (Å²) < 4.78 is 0. The summed E-state index contributed by atoms with van der Waals surface area (Å²) in [5, 5.41) is 20.3. The number of hydrogen-bond acceptors (Lipinski definition) is 3. The molecule has 0 rings (SSSR count). The second-order valence-electron chi connectivity index (χ2n) is 0.274. The Morgan fingerprint density at radius 2 is 0.700 bits per heavy atom. The van der Waals surface area contributed by atoms with Gasteiger partial charge in [0.05, 0.1) is 0 Å². The van der Waals surface area contributed by atoms with E-state index < -0.39 is 0 Å². The fourth-order valence-electron chi connectivity index (χ4n) is 0. The summed E-state index contributed by atoms with van der Waals surface area (Å²) in [7, 11) is 0. The van der Waals surface area contributed by atoms with Gasteiger partial charge in [0.1, 0.15) is 0 Å². The minimum atomic E-state index is 0. The van der Waals surface area contributed by atoms with Gasteiger partial charge in [0.25, 0.3) is 0 Å². The molecule has 0 aliphatic rings. The minimum Gasteiger partial charge on any atom is -0.724 e. The Morgan fingerprint density at radius 1 is 0.700 bits per heavy atom. The summed E-state index contributed by atoms with van der Waals surface area (Å²) in [4.78, 5) is 24.7. The zero-order chi connectivity index (χ0) is 8.12. The van der Waals surface area contributed by atoms with E-state index >= 15 is 0 Å². The van der Waals surface area contributed by atoms with Gasteiger partial charge in [0, 0.05) is 0 Å². The van der Waals surface area contributed by atoms with Crippen LogP contribution in [0.3, 0.4) is 0 Å². The molecule has 0 spiro atoms. The molecule has 0 saturated carbocycles. The third kappa shape index (κ3) is 190. The van der Waals surface area contributed by atoms with Gasteiger partial charge in [0.15, 0.2) is 0 Å². The van der Waals surface area contributed by atoms with E-state index in [0.717, 1.165) is 0 Å². The SMILES string of the molecule is [Au+3].[N-]=C=O.[N-]=C=O.[N-]=C=O. The zero-order valence-corrected chi connectivity index (χ0v) is 6.53. The van der Waals surface area contributed by atoms with Crippen LogP contribution in [0.4, 0.5) is 0 Å². The first-order valence-electron chi connectivity index (χ1n) is 1.28. The van der Waals surface area contributed by atoms with Gasteiger partial charge >= 0.3 is 22.4 Å². The van der Waals surface area contributed by atoms with Gasteiger partial charge in [-0.1, -0.05) is 0 Å². The van der Waals surface area contributed by atoms with E-state index in [1.54, 1.807) is 0 Å². The molecule has 10 heavy (non-hydrogen) atoms. The molecule has 0 aliphatic carbocycles. The quantitative estimate of drug-likeness (QED) is 0.345. The Morgan fingerprint density at radius 3 is 0.700 bits per heavy atom. The van der Waals surface area contributed by atoms with Crippen molar-refractivity contribution in [3.63, 3.8) is 0 Å². The molecule has 0 radical (unpaired) electrons. The molecule has 0 unspecified atom stereocenters. The molecule has 7 heteroatoms. The second kappa shape index (κ2) is 106. The largest absolute Gasteiger partial charge is 3.00 e. The van der Waals surface area contributed by atoms with Crippen molar-refractivity contribution < 1.29 is 36.8 Å². The van der Waals surface area contributed by atoms with Gasteiger partial charge in [-0.2, -0.15) is 0 Å². The van der Waals surface area contributed by atoms with Crippen molar-refractivity contribution in [2.45, 2.75) is 0 Å². The van der Waals surface area contributed by atoms with Crippen LogP contribution >= 0.6 is 0 Å². The van der Waals surface area contributed by atoms with Crippen LogP contribution in [0.15, 0.2) is 0 Å². The smallest absolute Gasteiger partial charge is 0.724 e. The number of hydrogen-bond donors (Lipinski definition) is 0. The number of carbonyl (C=O) groups excluding carboxylic acids is 3. The normalized spacial score (nSPS) is 2.40. The van der Waals surface area contributed by atoms with Gasteiger partial charge in [0.2, 0.25) is 0 Å². The topological polar surface area (TPSA) is 118 Å². The number of nitrogens with zero attached hydrogens (tertiary/aromatic N) is 3. The Balaban J connectivity index is -0.0000000257. The second-order valence-corrected chi connectivity index (χ2v) is 0.274. The van der Waals surface area contributed by atoms with Crippen molar-refractivity contribution in [3.8, 4) is 0 Å².